The molecule has 2 heterocycles. The van der Waals surface area contributed by atoms with Crippen molar-refractivity contribution in [3.05, 3.63) is 0 Å². The summed E-state index contributed by atoms with van der Waals surface area (Å²) >= 11 is 0. The highest BCUT2D eigenvalue weighted by Gasteiger charge is 2.26. The Morgan fingerprint density at radius 2 is 2.16 bits per heavy atom. The van der Waals surface area contributed by atoms with Crippen molar-refractivity contribution >= 4 is 11.8 Å². The topological polar surface area (TPSA) is 52.7 Å². The molecular formula is C14H25N3O2. The molecule has 19 heavy (non-hydrogen) atoms. The summed E-state index contributed by atoms with van der Waals surface area (Å²) in [5.41, 5.74) is 0. The summed E-state index contributed by atoms with van der Waals surface area (Å²) in [6.45, 7) is 2.84. The fourth-order valence-electron chi connectivity index (χ4n) is 2.83. The number of likely N-dealkylation sites (tertiary alicyclic amines) is 1. The lowest BCUT2D eigenvalue weighted by Crippen LogP contribution is -2.46. The lowest BCUT2D eigenvalue weighted by molar-refractivity contribution is -0.141. The van der Waals surface area contributed by atoms with E-state index in [4.69, 9.17) is 0 Å². The molecule has 0 radical (unpaired) electrons. The van der Waals surface area contributed by atoms with E-state index in [1.807, 2.05) is 11.9 Å². The Balaban J connectivity index is 1.86. The zero-order valence-electron chi connectivity index (χ0n) is 11.9. The Morgan fingerprint density at radius 1 is 1.37 bits per heavy atom. The Hall–Kier alpha value is -1.10. The maximum absolute atomic E-state index is 12.2. The fourth-order valence-corrected chi connectivity index (χ4v) is 2.83. The monoisotopic (exact) mass is 267 g/mol. The van der Waals surface area contributed by atoms with Crippen LogP contribution in [0.15, 0.2) is 0 Å². The van der Waals surface area contributed by atoms with Crippen molar-refractivity contribution < 1.29 is 9.59 Å². The standard InChI is InChI=1S/C14H25N3O2/c1-16(12-7-8-15-10-12)14(19)11-17-9-5-3-2-4-6-13(17)18/h12,15H,2-11H2,1H3. The minimum absolute atomic E-state index is 0.0719. The van der Waals surface area contributed by atoms with E-state index in [0.29, 0.717) is 6.42 Å². The predicted octanol–water partition coefficient (Wildman–Crippen LogP) is 0.599. The van der Waals surface area contributed by atoms with Gasteiger partial charge in [0.1, 0.15) is 0 Å². The molecule has 0 saturated carbocycles. The van der Waals surface area contributed by atoms with Crippen LogP contribution in [0.25, 0.3) is 0 Å². The minimum Gasteiger partial charge on any atom is -0.340 e. The van der Waals surface area contributed by atoms with E-state index in [1.165, 1.54) is 6.42 Å². The zero-order chi connectivity index (χ0) is 13.7. The average molecular weight is 267 g/mol. The Morgan fingerprint density at radius 3 is 2.89 bits per heavy atom. The van der Waals surface area contributed by atoms with Crippen molar-refractivity contribution in [3.63, 3.8) is 0 Å². The van der Waals surface area contributed by atoms with Gasteiger partial charge < -0.3 is 15.1 Å². The quantitative estimate of drug-likeness (QED) is 0.814. The van der Waals surface area contributed by atoms with Crippen molar-refractivity contribution in [2.24, 2.45) is 0 Å². The first-order valence-corrected chi connectivity index (χ1v) is 7.42. The molecule has 5 heteroatoms. The van der Waals surface area contributed by atoms with Gasteiger partial charge in [0.2, 0.25) is 11.8 Å². The van der Waals surface area contributed by atoms with Gasteiger partial charge in [0.15, 0.2) is 0 Å². The molecule has 2 saturated heterocycles. The maximum atomic E-state index is 12.2. The van der Waals surface area contributed by atoms with Gasteiger partial charge in [-0.1, -0.05) is 12.8 Å². The summed E-state index contributed by atoms with van der Waals surface area (Å²) in [6, 6.07) is 0.289. The van der Waals surface area contributed by atoms with E-state index in [9.17, 15) is 9.59 Å². The van der Waals surface area contributed by atoms with E-state index in [-0.39, 0.29) is 24.4 Å². The molecule has 2 fully saturated rings. The molecule has 2 aliphatic heterocycles. The van der Waals surface area contributed by atoms with Crippen LogP contribution >= 0.6 is 0 Å². The molecule has 0 aliphatic carbocycles. The molecule has 2 aliphatic rings. The molecule has 108 valence electrons. The summed E-state index contributed by atoms with van der Waals surface area (Å²) in [6.07, 6.45) is 5.90. The van der Waals surface area contributed by atoms with Gasteiger partial charge in [-0.3, -0.25) is 9.59 Å². The highest BCUT2D eigenvalue weighted by Crippen LogP contribution is 2.13. The molecule has 2 rings (SSSR count). The summed E-state index contributed by atoms with van der Waals surface area (Å²) < 4.78 is 0. The molecule has 0 bridgehead atoms. The second-order valence-corrected chi connectivity index (χ2v) is 5.63. The van der Waals surface area contributed by atoms with Crippen molar-refractivity contribution in [2.75, 3.05) is 33.2 Å². The number of nitrogens with zero attached hydrogens (tertiary/aromatic N) is 2. The molecule has 1 atom stereocenters. The highest BCUT2D eigenvalue weighted by atomic mass is 16.2. The fraction of sp³-hybridized carbons (Fsp3) is 0.857. The number of hydrogen-bond acceptors (Lipinski definition) is 3. The van der Waals surface area contributed by atoms with Crippen molar-refractivity contribution in [1.29, 1.82) is 0 Å². The van der Waals surface area contributed by atoms with E-state index in [0.717, 1.165) is 45.3 Å². The summed E-state index contributed by atoms with van der Waals surface area (Å²) in [5, 5.41) is 3.26. The smallest absolute Gasteiger partial charge is 0.242 e. The number of likely N-dealkylation sites (N-methyl/N-ethyl adjacent to an activating group) is 1. The third-order valence-electron chi connectivity index (χ3n) is 4.22. The zero-order valence-corrected chi connectivity index (χ0v) is 11.9. The van der Waals surface area contributed by atoms with Gasteiger partial charge in [-0.2, -0.15) is 0 Å². The van der Waals surface area contributed by atoms with E-state index in [1.54, 1.807) is 4.90 Å². The van der Waals surface area contributed by atoms with Crippen LogP contribution in [0.4, 0.5) is 0 Å². The molecule has 0 aromatic carbocycles. The number of carbonyl (C=O) groups excluding carboxylic acids is 2. The molecule has 5 nitrogen and oxygen atoms in total. The number of amides is 2. The van der Waals surface area contributed by atoms with Crippen LogP contribution in [0.3, 0.4) is 0 Å². The molecule has 0 aromatic heterocycles. The van der Waals surface area contributed by atoms with Crippen LogP contribution in [0.1, 0.15) is 38.5 Å². The van der Waals surface area contributed by atoms with Crippen LogP contribution in [0.2, 0.25) is 0 Å². The van der Waals surface area contributed by atoms with Crippen LogP contribution in [-0.2, 0) is 9.59 Å². The van der Waals surface area contributed by atoms with Crippen molar-refractivity contribution in [3.8, 4) is 0 Å². The molecule has 1 unspecified atom stereocenters. The number of hydrogen-bond donors (Lipinski definition) is 1. The third kappa shape index (κ3) is 3.93. The van der Waals surface area contributed by atoms with Gasteiger partial charge in [0, 0.05) is 32.6 Å². The average Bonchev–Trinajstić information content (AvgIpc) is 2.91. The maximum Gasteiger partial charge on any atom is 0.242 e. The van der Waals surface area contributed by atoms with Crippen LogP contribution in [-0.4, -0.2) is 60.9 Å². The van der Waals surface area contributed by atoms with E-state index >= 15 is 0 Å². The number of rotatable bonds is 3. The van der Waals surface area contributed by atoms with Gasteiger partial charge in [0.05, 0.1) is 6.54 Å². The molecule has 0 spiro atoms. The summed E-state index contributed by atoms with van der Waals surface area (Å²) in [5.74, 6) is 0.216. The van der Waals surface area contributed by atoms with Crippen LogP contribution in [0.5, 0.6) is 0 Å². The molecule has 1 N–H and O–H groups in total. The van der Waals surface area contributed by atoms with Gasteiger partial charge in [-0.15, -0.1) is 0 Å². The normalized spacial score (nSPS) is 25.0. The summed E-state index contributed by atoms with van der Waals surface area (Å²) in [7, 11) is 1.86. The SMILES string of the molecule is CN(C(=O)CN1CCCCCCC1=O)C1CCNC1. The lowest BCUT2D eigenvalue weighted by Gasteiger charge is -2.29. The second-order valence-electron chi connectivity index (χ2n) is 5.63. The third-order valence-corrected chi connectivity index (χ3v) is 4.22. The van der Waals surface area contributed by atoms with E-state index in [2.05, 4.69) is 5.32 Å². The van der Waals surface area contributed by atoms with Crippen molar-refractivity contribution in [1.82, 2.24) is 15.1 Å². The number of carbonyl (C=O) groups is 2. The largest absolute Gasteiger partial charge is 0.340 e. The minimum atomic E-state index is 0.0719. The van der Waals surface area contributed by atoms with E-state index < -0.39 is 0 Å². The molecule has 2 amide bonds. The Bertz CT molecular complexity index is 327. The van der Waals surface area contributed by atoms with Gasteiger partial charge in [-0.05, 0) is 25.8 Å². The lowest BCUT2D eigenvalue weighted by atomic mass is 10.1. The first-order chi connectivity index (χ1) is 9.18. The molecular weight excluding hydrogens is 242 g/mol. The van der Waals surface area contributed by atoms with Crippen LogP contribution in [0, 0.1) is 0 Å². The van der Waals surface area contributed by atoms with Crippen LogP contribution < -0.4 is 5.32 Å². The Labute approximate surface area is 115 Å². The highest BCUT2D eigenvalue weighted by molar-refractivity contribution is 5.85. The number of nitrogens with one attached hydrogen (secondary N) is 1. The van der Waals surface area contributed by atoms with Gasteiger partial charge >= 0.3 is 0 Å². The van der Waals surface area contributed by atoms with Gasteiger partial charge in [-0.25, -0.2) is 0 Å². The molecule has 0 aromatic rings. The van der Waals surface area contributed by atoms with Gasteiger partial charge in [0.25, 0.3) is 0 Å². The first-order valence-electron chi connectivity index (χ1n) is 7.42. The predicted molar refractivity (Wildman–Crippen MR) is 73.7 cm³/mol. The summed E-state index contributed by atoms with van der Waals surface area (Å²) in [4.78, 5) is 27.8. The van der Waals surface area contributed by atoms with Crippen molar-refractivity contribution in [2.45, 2.75) is 44.6 Å². The first kappa shape index (κ1) is 14.3. The Kier molecular flexibility index (Phi) is 5.19. The second kappa shape index (κ2) is 6.89.